The van der Waals surface area contributed by atoms with Crippen molar-refractivity contribution in [1.82, 2.24) is 4.90 Å². The van der Waals surface area contributed by atoms with E-state index in [4.69, 9.17) is 0 Å². The highest BCUT2D eigenvalue weighted by atomic mass is 19.1. The second kappa shape index (κ2) is 5.59. The number of anilines is 1. The van der Waals surface area contributed by atoms with Gasteiger partial charge in [0.2, 0.25) is 0 Å². The average Bonchev–Trinajstić information content (AvgIpc) is 2.33. The number of carbonyl (C=O) groups excluding carboxylic acids is 1. The second-order valence-electron chi connectivity index (χ2n) is 5.43. The van der Waals surface area contributed by atoms with Crippen molar-refractivity contribution in [3.8, 4) is 0 Å². The highest BCUT2D eigenvalue weighted by Crippen LogP contribution is 2.23. The van der Waals surface area contributed by atoms with E-state index in [9.17, 15) is 9.18 Å². The Labute approximate surface area is 113 Å². The molecule has 0 radical (unpaired) electrons. The molecular weight excluding hydrogens is 243 g/mol. The van der Waals surface area contributed by atoms with Crippen LogP contribution in [0.5, 0.6) is 0 Å². The third-order valence-corrected chi connectivity index (χ3v) is 3.85. The molecule has 2 amide bonds. The Balaban J connectivity index is 2.09. The maximum Gasteiger partial charge on any atom is 0.322 e. The van der Waals surface area contributed by atoms with Crippen LogP contribution in [0.3, 0.4) is 0 Å². The predicted octanol–water partition coefficient (Wildman–Crippen LogP) is 3.93. The van der Waals surface area contributed by atoms with Crippen molar-refractivity contribution in [3.05, 3.63) is 29.6 Å². The molecule has 4 heteroatoms. The lowest BCUT2D eigenvalue weighted by atomic mass is 9.98. The molecule has 0 spiro atoms. The molecule has 3 nitrogen and oxygen atoms in total. The Morgan fingerprint density at radius 2 is 1.95 bits per heavy atom. The zero-order chi connectivity index (χ0) is 14.0. The van der Waals surface area contributed by atoms with E-state index in [1.165, 1.54) is 6.07 Å². The zero-order valence-electron chi connectivity index (χ0n) is 11.7. The van der Waals surface area contributed by atoms with Gasteiger partial charge in [0.1, 0.15) is 5.82 Å². The predicted molar refractivity (Wildman–Crippen MR) is 74.8 cm³/mol. The van der Waals surface area contributed by atoms with Gasteiger partial charge in [0.05, 0.1) is 0 Å². The van der Waals surface area contributed by atoms with Gasteiger partial charge in [-0.3, -0.25) is 0 Å². The summed E-state index contributed by atoms with van der Waals surface area (Å²) in [5.41, 5.74) is 1.09. The van der Waals surface area contributed by atoms with Gasteiger partial charge in [-0.15, -0.1) is 0 Å². The number of carbonyl (C=O) groups is 1. The molecule has 2 rings (SSSR count). The van der Waals surface area contributed by atoms with Crippen LogP contribution >= 0.6 is 0 Å². The molecule has 19 heavy (non-hydrogen) atoms. The number of benzene rings is 1. The number of hydrogen-bond acceptors (Lipinski definition) is 1. The number of likely N-dealkylation sites (tertiary alicyclic amines) is 1. The van der Waals surface area contributed by atoms with Gasteiger partial charge in [0.25, 0.3) is 0 Å². The summed E-state index contributed by atoms with van der Waals surface area (Å²) in [4.78, 5) is 14.1. The first-order valence-corrected chi connectivity index (χ1v) is 6.84. The molecule has 1 aliphatic heterocycles. The smallest absolute Gasteiger partial charge is 0.319 e. The maximum atomic E-state index is 13.5. The number of piperidine rings is 1. The van der Waals surface area contributed by atoms with Crippen molar-refractivity contribution in [3.63, 3.8) is 0 Å². The van der Waals surface area contributed by atoms with Crippen molar-refractivity contribution in [2.75, 3.05) is 5.32 Å². The third-order valence-electron chi connectivity index (χ3n) is 3.85. The summed E-state index contributed by atoms with van der Waals surface area (Å²) in [5, 5.41) is 2.79. The summed E-state index contributed by atoms with van der Waals surface area (Å²) in [6.07, 6.45) is 3.21. The van der Waals surface area contributed by atoms with Crippen LogP contribution in [0, 0.1) is 12.7 Å². The molecule has 1 N–H and O–H groups in total. The molecule has 0 bridgehead atoms. The number of nitrogens with zero attached hydrogens (tertiary/aromatic N) is 1. The van der Waals surface area contributed by atoms with Gasteiger partial charge in [0.15, 0.2) is 0 Å². The minimum Gasteiger partial charge on any atom is -0.319 e. The van der Waals surface area contributed by atoms with E-state index in [0.717, 1.165) is 19.3 Å². The molecule has 0 unspecified atom stereocenters. The van der Waals surface area contributed by atoms with Gasteiger partial charge in [-0.05, 0) is 57.7 Å². The molecule has 1 aliphatic rings. The largest absolute Gasteiger partial charge is 0.322 e. The number of rotatable bonds is 1. The number of aryl methyl sites for hydroxylation is 1. The number of halogens is 1. The lowest BCUT2D eigenvalue weighted by Crippen LogP contribution is -2.49. The lowest BCUT2D eigenvalue weighted by Gasteiger charge is -2.38. The molecule has 0 aliphatic carbocycles. The topological polar surface area (TPSA) is 32.3 Å². The minimum atomic E-state index is -0.294. The highest BCUT2D eigenvalue weighted by Gasteiger charge is 2.28. The first-order valence-electron chi connectivity index (χ1n) is 6.84. The average molecular weight is 264 g/mol. The zero-order valence-corrected chi connectivity index (χ0v) is 11.7. The van der Waals surface area contributed by atoms with Crippen molar-refractivity contribution in [1.29, 1.82) is 0 Å². The summed E-state index contributed by atoms with van der Waals surface area (Å²) in [6, 6.07) is 5.11. The quantitative estimate of drug-likeness (QED) is 0.819. The molecule has 1 fully saturated rings. The third kappa shape index (κ3) is 3.06. The van der Waals surface area contributed by atoms with Gasteiger partial charge in [-0.25, -0.2) is 9.18 Å². The first kappa shape index (κ1) is 13.8. The van der Waals surface area contributed by atoms with E-state index in [1.54, 1.807) is 19.1 Å². The summed E-state index contributed by atoms with van der Waals surface area (Å²) >= 11 is 0. The molecule has 2 atom stereocenters. The Kier molecular flexibility index (Phi) is 4.08. The van der Waals surface area contributed by atoms with Crippen LogP contribution in [0.1, 0.15) is 38.7 Å². The van der Waals surface area contributed by atoms with Crippen LogP contribution in [-0.4, -0.2) is 23.0 Å². The Hall–Kier alpha value is -1.58. The number of hydrogen-bond donors (Lipinski definition) is 1. The van der Waals surface area contributed by atoms with Gasteiger partial charge < -0.3 is 10.2 Å². The van der Waals surface area contributed by atoms with Crippen LogP contribution in [-0.2, 0) is 0 Å². The van der Waals surface area contributed by atoms with Crippen molar-refractivity contribution in [2.24, 2.45) is 0 Å². The number of amides is 2. The lowest BCUT2D eigenvalue weighted by molar-refractivity contribution is 0.133. The molecule has 0 saturated carbocycles. The summed E-state index contributed by atoms with van der Waals surface area (Å²) in [6.45, 7) is 5.83. The van der Waals surface area contributed by atoms with E-state index in [1.807, 2.05) is 4.90 Å². The Morgan fingerprint density at radius 3 is 2.53 bits per heavy atom. The first-order chi connectivity index (χ1) is 8.99. The second-order valence-corrected chi connectivity index (χ2v) is 5.43. The number of urea groups is 1. The van der Waals surface area contributed by atoms with Crippen LogP contribution in [0.4, 0.5) is 14.9 Å². The van der Waals surface area contributed by atoms with Crippen molar-refractivity contribution in [2.45, 2.75) is 52.1 Å². The summed E-state index contributed by atoms with van der Waals surface area (Å²) < 4.78 is 13.5. The highest BCUT2D eigenvalue weighted by molar-refractivity contribution is 5.89. The van der Waals surface area contributed by atoms with E-state index in [0.29, 0.717) is 11.3 Å². The van der Waals surface area contributed by atoms with E-state index < -0.39 is 0 Å². The van der Waals surface area contributed by atoms with Gasteiger partial charge in [-0.1, -0.05) is 6.07 Å². The molecular formula is C15H21FN2O. The van der Waals surface area contributed by atoms with Gasteiger partial charge in [0, 0.05) is 17.8 Å². The number of nitrogens with one attached hydrogen (secondary N) is 1. The summed E-state index contributed by atoms with van der Waals surface area (Å²) in [5.74, 6) is -0.294. The Bertz CT molecular complexity index is 465. The molecule has 1 saturated heterocycles. The minimum absolute atomic E-state index is 0.136. The van der Waals surface area contributed by atoms with Crippen LogP contribution in [0.25, 0.3) is 0 Å². The van der Waals surface area contributed by atoms with Crippen LogP contribution in [0.15, 0.2) is 18.2 Å². The van der Waals surface area contributed by atoms with Gasteiger partial charge in [-0.2, -0.15) is 0 Å². The standard InChI is InChI=1S/C15H21FN2O/c1-10-7-8-13(9-14(10)16)17-15(19)18-11(2)5-4-6-12(18)3/h7-9,11-12H,4-6H2,1-3H3,(H,17,19)/t11-,12-/m0/s1. The fraction of sp³-hybridized carbons (Fsp3) is 0.533. The fourth-order valence-electron chi connectivity index (χ4n) is 2.68. The molecule has 104 valence electrons. The maximum absolute atomic E-state index is 13.5. The van der Waals surface area contributed by atoms with Crippen LogP contribution < -0.4 is 5.32 Å². The van der Waals surface area contributed by atoms with Crippen molar-refractivity contribution >= 4 is 11.7 Å². The molecule has 1 heterocycles. The normalized spacial score (nSPS) is 23.3. The molecule has 1 aromatic rings. The Morgan fingerprint density at radius 1 is 1.32 bits per heavy atom. The van der Waals surface area contributed by atoms with E-state index >= 15 is 0 Å². The van der Waals surface area contributed by atoms with Crippen LogP contribution in [0.2, 0.25) is 0 Å². The SMILES string of the molecule is Cc1ccc(NC(=O)N2[C@@H](C)CCC[C@@H]2C)cc1F. The van der Waals surface area contributed by atoms with Gasteiger partial charge >= 0.3 is 6.03 Å². The summed E-state index contributed by atoms with van der Waals surface area (Å²) in [7, 11) is 0. The van der Waals surface area contributed by atoms with E-state index in [-0.39, 0.29) is 23.9 Å². The monoisotopic (exact) mass is 264 g/mol. The fourth-order valence-corrected chi connectivity index (χ4v) is 2.68. The molecule has 0 aromatic heterocycles. The van der Waals surface area contributed by atoms with Crippen molar-refractivity contribution < 1.29 is 9.18 Å². The van der Waals surface area contributed by atoms with E-state index in [2.05, 4.69) is 19.2 Å². The molecule has 1 aromatic carbocycles.